The normalized spacial score (nSPS) is 25.8. The largest absolute Gasteiger partial charge is 0.356 e. The van der Waals surface area contributed by atoms with Gasteiger partial charge in [-0.3, -0.25) is 4.99 Å². The van der Waals surface area contributed by atoms with Gasteiger partial charge in [0.2, 0.25) is 0 Å². The fourth-order valence-corrected chi connectivity index (χ4v) is 4.16. The molecule has 0 saturated carbocycles. The highest BCUT2D eigenvalue weighted by Gasteiger charge is 2.29. The van der Waals surface area contributed by atoms with Crippen molar-refractivity contribution in [2.75, 3.05) is 46.3 Å². The molecule has 3 rings (SSSR count). The average molecular weight is 474 g/mol. The Morgan fingerprint density at radius 1 is 1.31 bits per heavy atom. The third kappa shape index (κ3) is 5.58. The van der Waals surface area contributed by atoms with E-state index in [9.17, 15) is 0 Å². The van der Waals surface area contributed by atoms with E-state index in [4.69, 9.17) is 0 Å². The number of halogens is 1. The maximum absolute atomic E-state index is 4.55. The lowest BCUT2D eigenvalue weighted by Crippen LogP contribution is -2.50. The number of nitrogens with one attached hydrogen (secondary N) is 1. The van der Waals surface area contributed by atoms with Gasteiger partial charge in [0.25, 0.3) is 0 Å². The number of rotatable bonds is 5. The van der Waals surface area contributed by atoms with Gasteiger partial charge in [0, 0.05) is 45.6 Å². The SMILES string of the molecule is CN=C(NCC(C)CN1CCCC1)N1CCC(C)C(n2ccnc2)C1.I. The molecule has 3 heterocycles. The van der Waals surface area contributed by atoms with E-state index >= 15 is 0 Å². The Kier molecular flexibility index (Phi) is 8.66. The van der Waals surface area contributed by atoms with Crippen LogP contribution in [0.3, 0.4) is 0 Å². The Bertz CT molecular complexity index is 540. The maximum Gasteiger partial charge on any atom is 0.193 e. The van der Waals surface area contributed by atoms with Crippen LogP contribution in [0, 0.1) is 11.8 Å². The smallest absolute Gasteiger partial charge is 0.193 e. The summed E-state index contributed by atoms with van der Waals surface area (Å²) in [6.45, 7) is 11.5. The molecule has 0 aromatic carbocycles. The van der Waals surface area contributed by atoms with Crippen molar-refractivity contribution < 1.29 is 0 Å². The Morgan fingerprint density at radius 3 is 2.73 bits per heavy atom. The molecular formula is C19H35IN6. The van der Waals surface area contributed by atoms with Crippen molar-refractivity contribution in [1.29, 1.82) is 0 Å². The molecule has 0 bridgehead atoms. The summed E-state index contributed by atoms with van der Waals surface area (Å²) in [4.78, 5) is 13.8. The van der Waals surface area contributed by atoms with Gasteiger partial charge in [0.05, 0.1) is 12.4 Å². The zero-order valence-electron chi connectivity index (χ0n) is 16.5. The van der Waals surface area contributed by atoms with Crippen LogP contribution in [0.2, 0.25) is 0 Å². The number of piperidine rings is 1. The van der Waals surface area contributed by atoms with Gasteiger partial charge in [0.1, 0.15) is 0 Å². The lowest BCUT2D eigenvalue weighted by molar-refractivity contribution is 0.188. The van der Waals surface area contributed by atoms with E-state index in [2.05, 4.69) is 49.7 Å². The second-order valence-corrected chi connectivity index (χ2v) is 7.83. The van der Waals surface area contributed by atoms with Crippen molar-refractivity contribution in [1.82, 2.24) is 24.7 Å². The van der Waals surface area contributed by atoms with E-state index in [1.54, 1.807) is 0 Å². The van der Waals surface area contributed by atoms with Crippen LogP contribution in [0.15, 0.2) is 23.7 Å². The topological polar surface area (TPSA) is 48.7 Å². The van der Waals surface area contributed by atoms with Gasteiger partial charge >= 0.3 is 0 Å². The third-order valence-electron chi connectivity index (χ3n) is 5.72. The van der Waals surface area contributed by atoms with E-state index in [0.717, 1.165) is 25.6 Å². The first kappa shape index (κ1) is 21.5. The number of nitrogens with zero attached hydrogens (tertiary/aromatic N) is 5. The van der Waals surface area contributed by atoms with Crippen LogP contribution < -0.4 is 5.32 Å². The molecule has 2 saturated heterocycles. The summed E-state index contributed by atoms with van der Waals surface area (Å²) < 4.78 is 2.25. The monoisotopic (exact) mass is 474 g/mol. The minimum Gasteiger partial charge on any atom is -0.356 e. The van der Waals surface area contributed by atoms with E-state index in [1.165, 1.54) is 38.9 Å². The molecule has 148 valence electrons. The highest BCUT2D eigenvalue weighted by molar-refractivity contribution is 14.0. The van der Waals surface area contributed by atoms with Crippen molar-refractivity contribution in [3.8, 4) is 0 Å². The van der Waals surface area contributed by atoms with Crippen molar-refractivity contribution in [2.24, 2.45) is 16.8 Å². The number of aliphatic imine (C=N–C) groups is 1. The molecule has 1 aromatic rings. The molecule has 0 radical (unpaired) electrons. The van der Waals surface area contributed by atoms with Crippen LogP contribution in [0.4, 0.5) is 0 Å². The van der Waals surface area contributed by atoms with Gasteiger partial charge < -0.3 is 19.7 Å². The van der Waals surface area contributed by atoms with Gasteiger partial charge in [-0.15, -0.1) is 24.0 Å². The quantitative estimate of drug-likeness (QED) is 0.405. The van der Waals surface area contributed by atoms with Gasteiger partial charge in [-0.1, -0.05) is 13.8 Å². The van der Waals surface area contributed by atoms with Crippen molar-refractivity contribution in [3.05, 3.63) is 18.7 Å². The molecule has 0 amide bonds. The van der Waals surface area contributed by atoms with Crippen LogP contribution in [0.5, 0.6) is 0 Å². The first-order valence-electron chi connectivity index (χ1n) is 9.82. The molecule has 2 aliphatic rings. The molecule has 26 heavy (non-hydrogen) atoms. The lowest BCUT2D eigenvalue weighted by atomic mass is 9.93. The molecule has 2 aliphatic heterocycles. The highest BCUT2D eigenvalue weighted by Crippen LogP contribution is 2.27. The summed E-state index contributed by atoms with van der Waals surface area (Å²) in [6, 6.07) is 0.469. The standard InChI is InChI=1S/C19H34N6.HI/c1-16(13-23-8-4-5-9-23)12-22-19(20-3)24-10-6-17(2)18(14-24)25-11-7-21-15-25;/h7,11,15-18H,4-6,8-10,12-14H2,1-3H3,(H,20,22);1H. The molecule has 0 aliphatic carbocycles. The zero-order chi connectivity index (χ0) is 17.6. The van der Waals surface area contributed by atoms with Crippen molar-refractivity contribution >= 4 is 29.9 Å². The maximum atomic E-state index is 4.55. The van der Waals surface area contributed by atoms with Gasteiger partial charge in [0.15, 0.2) is 5.96 Å². The Morgan fingerprint density at radius 2 is 2.08 bits per heavy atom. The summed E-state index contributed by atoms with van der Waals surface area (Å²) in [5.41, 5.74) is 0. The number of hydrogen-bond donors (Lipinski definition) is 1. The van der Waals surface area contributed by atoms with Crippen LogP contribution in [-0.4, -0.2) is 71.6 Å². The Labute approximate surface area is 175 Å². The van der Waals surface area contributed by atoms with Crippen molar-refractivity contribution in [2.45, 2.75) is 39.2 Å². The number of guanidine groups is 1. The average Bonchev–Trinajstić information content (AvgIpc) is 3.30. The van der Waals surface area contributed by atoms with Crippen LogP contribution in [0.25, 0.3) is 0 Å². The summed E-state index contributed by atoms with van der Waals surface area (Å²) in [6.07, 6.45) is 9.82. The molecule has 1 N–H and O–H groups in total. The first-order chi connectivity index (χ1) is 12.2. The van der Waals surface area contributed by atoms with E-state index in [0.29, 0.717) is 17.9 Å². The molecule has 6 nitrogen and oxygen atoms in total. The summed E-state index contributed by atoms with van der Waals surface area (Å²) in [5, 5.41) is 3.62. The van der Waals surface area contributed by atoms with E-state index in [1.807, 2.05) is 19.6 Å². The predicted molar refractivity (Wildman–Crippen MR) is 118 cm³/mol. The first-order valence-corrected chi connectivity index (χ1v) is 9.82. The van der Waals surface area contributed by atoms with Crippen molar-refractivity contribution in [3.63, 3.8) is 0 Å². The summed E-state index contributed by atoms with van der Waals surface area (Å²) in [5.74, 6) is 2.35. The molecule has 7 heteroatoms. The highest BCUT2D eigenvalue weighted by atomic mass is 127. The molecule has 3 atom stereocenters. The molecule has 2 fully saturated rings. The summed E-state index contributed by atoms with van der Waals surface area (Å²) >= 11 is 0. The van der Waals surface area contributed by atoms with E-state index < -0.39 is 0 Å². The second-order valence-electron chi connectivity index (χ2n) is 7.83. The Balaban J connectivity index is 0.00000243. The zero-order valence-corrected chi connectivity index (χ0v) is 18.8. The molecule has 0 spiro atoms. The van der Waals surface area contributed by atoms with Gasteiger partial charge in [-0.2, -0.15) is 0 Å². The van der Waals surface area contributed by atoms with Gasteiger partial charge in [-0.05, 0) is 44.2 Å². The van der Waals surface area contributed by atoms with Gasteiger partial charge in [-0.25, -0.2) is 4.98 Å². The fourth-order valence-electron chi connectivity index (χ4n) is 4.16. The second kappa shape index (κ2) is 10.5. The number of hydrogen-bond acceptors (Lipinski definition) is 3. The Hall–Kier alpha value is -0.830. The number of imidazole rings is 1. The number of likely N-dealkylation sites (tertiary alicyclic amines) is 2. The lowest BCUT2D eigenvalue weighted by Gasteiger charge is -2.39. The van der Waals surface area contributed by atoms with Crippen LogP contribution in [0.1, 0.15) is 39.2 Å². The molecule has 1 aromatic heterocycles. The molecule has 3 unspecified atom stereocenters. The molecular weight excluding hydrogens is 439 g/mol. The summed E-state index contributed by atoms with van der Waals surface area (Å²) in [7, 11) is 1.90. The minimum absolute atomic E-state index is 0. The van der Waals surface area contributed by atoms with E-state index in [-0.39, 0.29) is 24.0 Å². The third-order valence-corrected chi connectivity index (χ3v) is 5.72. The minimum atomic E-state index is 0. The predicted octanol–water partition coefficient (Wildman–Crippen LogP) is 2.69. The van der Waals surface area contributed by atoms with Crippen LogP contribution in [-0.2, 0) is 0 Å². The fraction of sp³-hybridized carbons (Fsp3) is 0.789. The van der Waals surface area contributed by atoms with Crippen LogP contribution >= 0.6 is 24.0 Å². The number of aromatic nitrogens is 2.